The van der Waals surface area contributed by atoms with Crippen molar-refractivity contribution in [2.45, 2.75) is 6.92 Å². The van der Waals surface area contributed by atoms with Gasteiger partial charge in [-0.3, -0.25) is 4.57 Å². The van der Waals surface area contributed by atoms with E-state index in [1.54, 1.807) is 17.0 Å². The molecule has 7 heteroatoms. The third kappa shape index (κ3) is 1.20. The first-order valence-electron chi connectivity index (χ1n) is 4.61. The van der Waals surface area contributed by atoms with Gasteiger partial charge in [0.05, 0.1) is 0 Å². The number of nitrogens with zero attached hydrogens (tertiary/aromatic N) is 6. The summed E-state index contributed by atoms with van der Waals surface area (Å²) in [6.45, 7) is 1.88. The van der Waals surface area contributed by atoms with E-state index in [-0.39, 0.29) is 0 Å². The summed E-state index contributed by atoms with van der Waals surface area (Å²) in [7, 11) is 0. The summed E-state index contributed by atoms with van der Waals surface area (Å²) in [5.74, 6) is 1.27. The number of hydrogen-bond donors (Lipinski definition) is 0. The van der Waals surface area contributed by atoms with Gasteiger partial charge in [-0.1, -0.05) is 11.6 Å². The van der Waals surface area contributed by atoms with E-state index in [1.165, 1.54) is 6.33 Å². The first-order valence-corrected chi connectivity index (χ1v) is 4.99. The Hall–Kier alpha value is -1.95. The van der Waals surface area contributed by atoms with Crippen LogP contribution in [-0.4, -0.2) is 29.1 Å². The molecule has 0 aliphatic rings. The molecule has 3 aromatic rings. The van der Waals surface area contributed by atoms with Crippen molar-refractivity contribution in [2.24, 2.45) is 0 Å². The lowest BCUT2D eigenvalue weighted by molar-refractivity contribution is 0.841. The van der Waals surface area contributed by atoms with Crippen molar-refractivity contribution in [3.8, 4) is 5.82 Å². The summed E-state index contributed by atoms with van der Waals surface area (Å²) in [4.78, 5) is 12.1. The fourth-order valence-electron chi connectivity index (χ4n) is 1.57. The molecule has 0 bridgehead atoms. The summed E-state index contributed by atoms with van der Waals surface area (Å²) in [5, 5.41) is 4.53. The van der Waals surface area contributed by atoms with E-state index in [4.69, 9.17) is 11.6 Å². The maximum atomic E-state index is 6.04. The Morgan fingerprint density at radius 3 is 3.00 bits per heavy atom. The molecule has 0 aromatic carbocycles. The van der Waals surface area contributed by atoms with Gasteiger partial charge in [-0.15, -0.1) is 0 Å². The van der Waals surface area contributed by atoms with Crippen molar-refractivity contribution in [1.29, 1.82) is 0 Å². The van der Waals surface area contributed by atoms with Gasteiger partial charge in [0.2, 0.25) is 0 Å². The van der Waals surface area contributed by atoms with Crippen LogP contribution in [0.15, 0.2) is 25.0 Å². The van der Waals surface area contributed by atoms with Crippen molar-refractivity contribution < 1.29 is 0 Å². The van der Waals surface area contributed by atoms with E-state index in [9.17, 15) is 0 Å². The van der Waals surface area contributed by atoms with Gasteiger partial charge in [0.25, 0.3) is 5.78 Å². The van der Waals surface area contributed by atoms with Crippen molar-refractivity contribution in [2.75, 3.05) is 0 Å². The Bertz CT molecular complexity index is 641. The van der Waals surface area contributed by atoms with Crippen LogP contribution in [0.3, 0.4) is 0 Å². The fraction of sp³-hybridized carbons (Fsp3) is 0.111. The number of hydrogen-bond acceptors (Lipinski definition) is 4. The standard InChI is InChI=1S/C9H7ClN6/c1-6-7(10)14-9-12-4-13-16(9)8(6)15-3-2-11-5-15/h2-5H,1H3. The van der Waals surface area contributed by atoms with Crippen LogP contribution >= 0.6 is 11.6 Å². The zero-order valence-corrected chi connectivity index (χ0v) is 9.13. The van der Waals surface area contributed by atoms with Crippen LogP contribution in [0.1, 0.15) is 5.56 Å². The van der Waals surface area contributed by atoms with Gasteiger partial charge in [-0.05, 0) is 6.92 Å². The third-order valence-electron chi connectivity index (χ3n) is 2.32. The van der Waals surface area contributed by atoms with Crippen molar-refractivity contribution in [1.82, 2.24) is 29.1 Å². The summed E-state index contributed by atoms with van der Waals surface area (Å²) in [5.41, 5.74) is 0.831. The second kappa shape index (κ2) is 3.28. The average molecular weight is 235 g/mol. The van der Waals surface area contributed by atoms with Crippen LogP contribution in [0.25, 0.3) is 11.6 Å². The van der Waals surface area contributed by atoms with E-state index >= 15 is 0 Å². The third-order valence-corrected chi connectivity index (χ3v) is 2.69. The van der Waals surface area contributed by atoms with Gasteiger partial charge in [0.1, 0.15) is 23.6 Å². The maximum Gasteiger partial charge on any atom is 0.255 e. The lowest BCUT2D eigenvalue weighted by Gasteiger charge is -2.08. The zero-order valence-electron chi connectivity index (χ0n) is 8.37. The minimum atomic E-state index is 0.421. The topological polar surface area (TPSA) is 60.9 Å². The summed E-state index contributed by atoms with van der Waals surface area (Å²) in [6, 6.07) is 0. The summed E-state index contributed by atoms with van der Waals surface area (Å²) < 4.78 is 3.45. The molecule has 16 heavy (non-hydrogen) atoms. The first-order chi connectivity index (χ1) is 7.77. The molecule has 0 N–H and O–H groups in total. The van der Waals surface area contributed by atoms with E-state index in [2.05, 4.69) is 20.1 Å². The molecule has 0 unspecified atom stereocenters. The molecule has 0 amide bonds. The van der Waals surface area contributed by atoms with Crippen LogP contribution in [0.5, 0.6) is 0 Å². The molecular weight excluding hydrogens is 228 g/mol. The van der Waals surface area contributed by atoms with Crippen LogP contribution in [-0.2, 0) is 0 Å². The molecule has 0 saturated heterocycles. The Morgan fingerprint density at radius 2 is 2.25 bits per heavy atom. The molecule has 0 aliphatic heterocycles. The highest BCUT2D eigenvalue weighted by molar-refractivity contribution is 6.30. The Morgan fingerprint density at radius 1 is 1.38 bits per heavy atom. The molecule has 0 radical (unpaired) electrons. The minimum absolute atomic E-state index is 0.421. The summed E-state index contributed by atoms with van der Waals surface area (Å²) >= 11 is 6.04. The first kappa shape index (κ1) is 9.29. The lowest BCUT2D eigenvalue weighted by atomic mass is 10.3. The second-order valence-corrected chi connectivity index (χ2v) is 3.65. The molecule has 0 saturated carbocycles. The monoisotopic (exact) mass is 234 g/mol. The van der Waals surface area contributed by atoms with Crippen LogP contribution in [0.2, 0.25) is 5.15 Å². The predicted molar refractivity (Wildman–Crippen MR) is 57.7 cm³/mol. The number of imidazole rings is 1. The quantitative estimate of drug-likeness (QED) is 0.595. The van der Waals surface area contributed by atoms with Gasteiger partial charge in [-0.2, -0.15) is 19.6 Å². The lowest BCUT2D eigenvalue weighted by Crippen LogP contribution is -2.06. The molecule has 3 rings (SSSR count). The molecule has 0 atom stereocenters. The van der Waals surface area contributed by atoms with Crippen molar-refractivity contribution in [3.63, 3.8) is 0 Å². The van der Waals surface area contributed by atoms with Crippen LogP contribution in [0, 0.1) is 6.92 Å². The smallest absolute Gasteiger partial charge is 0.255 e. The van der Waals surface area contributed by atoms with E-state index < -0.39 is 0 Å². The summed E-state index contributed by atoms with van der Waals surface area (Å²) in [6.07, 6.45) is 6.63. The minimum Gasteiger partial charge on any atom is -0.290 e. The van der Waals surface area contributed by atoms with Crippen LogP contribution < -0.4 is 0 Å². The Labute approximate surface area is 95.5 Å². The van der Waals surface area contributed by atoms with Gasteiger partial charge >= 0.3 is 0 Å². The van der Waals surface area contributed by atoms with E-state index in [0.29, 0.717) is 10.9 Å². The largest absolute Gasteiger partial charge is 0.290 e. The highest BCUT2D eigenvalue weighted by Gasteiger charge is 2.13. The van der Waals surface area contributed by atoms with Crippen molar-refractivity contribution >= 4 is 17.4 Å². The average Bonchev–Trinajstić information content (AvgIpc) is 2.89. The molecule has 6 nitrogen and oxygen atoms in total. The molecule has 3 heterocycles. The molecule has 3 aromatic heterocycles. The SMILES string of the molecule is Cc1c(Cl)nc2ncnn2c1-n1ccnc1. The fourth-order valence-corrected chi connectivity index (χ4v) is 1.73. The molecular formula is C9H7ClN6. The molecule has 0 aliphatic carbocycles. The Kier molecular flexibility index (Phi) is 1.90. The second-order valence-electron chi connectivity index (χ2n) is 3.29. The van der Waals surface area contributed by atoms with Gasteiger partial charge in [0.15, 0.2) is 0 Å². The molecule has 80 valence electrons. The van der Waals surface area contributed by atoms with Crippen LogP contribution in [0.4, 0.5) is 0 Å². The number of aromatic nitrogens is 6. The van der Waals surface area contributed by atoms with Gasteiger partial charge in [-0.25, -0.2) is 4.98 Å². The number of rotatable bonds is 1. The van der Waals surface area contributed by atoms with Gasteiger partial charge < -0.3 is 0 Å². The van der Waals surface area contributed by atoms with E-state index in [0.717, 1.165) is 11.4 Å². The Balaban J connectivity index is 2.45. The number of fused-ring (bicyclic) bond motifs is 1. The molecule has 0 fully saturated rings. The van der Waals surface area contributed by atoms with Gasteiger partial charge in [0, 0.05) is 18.0 Å². The maximum absolute atomic E-state index is 6.04. The van der Waals surface area contributed by atoms with E-state index in [1.807, 2.05) is 17.7 Å². The highest BCUT2D eigenvalue weighted by Crippen LogP contribution is 2.20. The molecule has 0 spiro atoms. The normalized spacial score (nSPS) is 11.1. The highest BCUT2D eigenvalue weighted by atomic mass is 35.5. The zero-order chi connectivity index (χ0) is 11.1. The number of halogens is 1. The predicted octanol–water partition coefficient (Wildman–Crippen LogP) is 1.27. The van der Waals surface area contributed by atoms with Crippen molar-refractivity contribution in [3.05, 3.63) is 35.8 Å².